The Morgan fingerprint density at radius 3 is 2.37 bits per heavy atom. The number of rotatable bonds is 3. The topological polar surface area (TPSA) is 69.1 Å². The Bertz CT molecular complexity index is 465. The number of halogens is 1. The first kappa shape index (κ1) is 14.4. The van der Waals surface area contributed by atoms with Crippen LogP contribution >= 0.6 is 11.6 Å². The van der Waals surface area contributed by atoms with Crippen LogP contribution in [0.5, 0.6) is 0 Å². The van der Waals surface area contributed by atoms with Crippen LogP contribution in [0.15, 0.2) is 12.1 Å². The van der Waals surface area contributed by atoms with Gasteiger partial charge >= 0.3 is 0 Å². The van der Waals surface area contributed by atoms with Gasteiger partial charge in [-0.1, -0.05) is 43.4 Å². The minimum atomic E-state index is -0.469. The molecule has 0 aromatic heterocycles. The quantitative estimate of drug-likeness (QED) is 0.834. The van der Waals surface area contributed by atoms with E-state index in [1.54, 1.807) is 6.07 Å². The van der Waals surface area contributed by atoms with Crippen molar-refractivity contribution in [3.05, 3.63) is 33.8 Å². The maximum atomic E-state index is 11.4. The van der Waals surface area contributed by atoms with E-state index in [1.165, 1.54) is 25.7 Å². The van der Waals surface area contributed by atoms with Gasteiger partial charge in [0, 0.05) is 6.54 Å². The summed E-state index contributed by atoms with van der Waals surface area (Å²) in [6.07, 6.45) is 7.23. The predicted molar refractivity (Wildman–Crippen MR) is 78.3 cm³/mol. The van der Waals surface area contributed by atoms with Gasteiger partial charge in [0.2, 0.25) is 5.91 Å². The number of benzene rings is 1. The lowest BCUT2D eigenvalue weighted by Gasteiger charge is -2.21. The average molecular weight is 281 g/mol. The van der Waals surface area contributed by atoms with Crippen molar-refractivity contribution in [3.63, 3.8) is 0 Å². The van der Waals surface area contributed by atoms with Crippen molar-refractivity contribution in [3.8, 4) is 0 Å². The Kier molecular flexibility index (Phi) is 4.83. The van der Waals surface area contributed by atoms with Gasteiger partial charge in [0.05, 0.1) is 10.6 Å². The molecule has 19 heavy (non-hydrogen) atoms. The van der Waals surface area contributed by atoms with Crippen LogP contribution in [0.3, 0.4) is 0 Å². The average Bonchev–Trinajstić information content (AvgIpc) is 2.66. The van der Waals surface area contributed by atoms with Gasteiger partial charge in [-0.25, -0.2) is 0 Å². The van der Waals surface area contributed by atoms with E-state index in [0.29, 0.717) is 23.0 Å². The fraction of sp³-hybridized carbons (Fsp3) is 0.533. The fourth-order valence-electron chi connectivity index (χ4n) is 3.01. The van der Waals surface area contributed by atoms with Crippen LogP contribution in [0.2, 0.25) is 5.02 Å². The molecule has 0 bridgehead atoms. The third kappa shape index (κ3) is 3.10. The lowest BCUT2D eigenvalue weighted by atomic mass is 9.87. The highest BCUT2D eigenvalue weighted by Crippen LogP contribution is 2.38. The number of amides is 1. The molecule has 3 nitrogen and oxygen atoms in total. The molecule has 0 radical (unpaired) electrons. The molecule has 0 saturated heterocycles. The van der Waals surface area contributed by atoms with Gasteiger partial charge in [0.25, 0.3) is 0 Å². The molecule has 4 N–H and O–H groups in total. The van der Waals surface area contributed by atoms with E-state index in [9.17, 15) is 4.79 Å². The van der Waals surface area contributed by atoms with Crippen LogP contribution in [0, 0.1) is 0 Å². The molecular formula is C15H21ClN2O. The number of carbonyl (C=O) groups excluding carboxylic acids is 1. The number of hydrogen-bond acceptors (Lipinski definition) is 2. The third-order valence-corrected chi connectivity index (χ3v) is 4.43. The molecule has 1 fully saturated rings. The number of primary amides is 1. The Morgan fingerprint density at radius 2 is 1.84 bits per heavy atom. The van der Waals surface area contributed by atoms with Crippen LogP contribution in [-0.2, 0) is 6.54 Å². The molecule has 1 aromatic rings. The van der Waals surface area contributed by atoms with E-state index in [-0.39, 0.29) is 0 Å². The van der Waals surface area contributed by atoms with Crippen LogP contribution in [-0.4, -0.2) is 5.91 Å². The second-order valence-corrected chi connectivity index (χ2v) is 5.63. The smallest absolute Gasteiger partial charge is 0.250 e. The molecule has 1 saturated carbocycles. The monoisotopic (exact) mass is 280 g/mol. The van der Waals surface area contributed by atoms with E-state index in [2.05, 4.69) is 0 Å². The van der Waals surface area contributed by atoms with Gasteiger partial charge < -0.3 is 11.5 Å². The van der Waals surface area contributed by atoms with E-state index in [1.807, 2.05) is 6.07 Å². The van der Waals surface area contributed by atoms with Gasteiger partial charge in [0.1, 0.15) is 0 Å². The van der Waals surface area contributed by atoms with E-state index in [0.717, 1.165) is 24.0 Å². The molecule has 1 aliphatic carbocycles. The van der Waals surface area contributed by atoms with Crippen molar-refractivity contribution < 1.29 is 4.79 Å². The molecule has 4 heteroatoms. The van der Waals surface area contributed by atoms with Crippen molar-refractivity contribution in [2.45, 2.75) is 51.0 Å². The van der Waals surface area contributed by atoms with E-state index >= 15 is 0 Å². The molecule has 0 heterocycles. The Balaban J connectivity index is 2.45. The summed E-state index contributed by atoms with van der Waals surface area (Å²) in [5, 5.41) is 0.516. The van der Waals surface area contributed by atoms with E-state index < -0.39 is 5.91 Å². The standard InChI is InChI=1S/C15H21ClN2O/c16-14-12(15(18)19)8-7-11(9-17)13(14)10-5-3-1-2-4-6-10/h7-8,10H,1-6,9,17H2,(H2,18,19). The van der Waals surface area contributed by atoms with Gasteiger partial charge in [-0.05, 0) is 36.0 Å². The first-order valence-corrected chi connectivity index (χ1v) is 7.34. The Labute approximate surface area is 119 Å². The molecular weight excluding hydrogens is 260 g/mol. The highest BCUT2D eigenvalue weighted by Gasteiger charge is 2.22. The third-order valence-electron chi connectivity index (χ3n) is 4.02. The van der Waals surface area contributed by atoms with Crippen molar-refractivity contribution in [2.24, 2.45) is 11.5 Å². The summed E-state index contributed by atoms with van der Waals surface area (Å²) in [6, 6.07) is 3.58. The highest BCUT2D eigenvalue weighted by molar-refractivity contribution is 6.34. The molecule has 2 rings (SSSR count). The van der Waals surface area contributed by atoms with E-state index in [4.69, 9.17) is 23.1 Å². The Hall–Kier alpha value is -1.06. The molecule has 0 aliphatic heterocycles. The molecule has 0 atom stereocenters. The summed E-state index contributed by atoms with van der Waals surface area (Å²) >= 11 is 6.42. The van der Waals surface area contributed by atoms with Gasteiger partial charge in [-0.3, -0.25) is 4.79 Å². The van der Waals surface area contributed by atoms with Crippen molar-refractivity contribution >= 4 is 17.5 Å². The summed E-state index contributed by atoms with van der Waals surface area (Å²) < 4.78 is 0. The molecule has 0 unspecified atom stereocenters. The molecule has 104 valence electrons. The normalized spacial score (nSPS) is 17.2. The lowest BCUT2D eigenvalue weighted by Crippen LogP contribution is -2.15. The summed E-state index contributed by atoms with van der Waals surface area (Å²) in [4.78, 5) is 11.4. The van der Waals surface area contributed by atoms with Crippen LogP contribution in [0.1, 0.15) is 65.9 Å². The molecule has 0 spiro atoms. The lowest BCUT2D eigenvalue weighted by molar-refractivity contribution is 0.100. The minimum absolute atomic E-state index is 0.410. The van der Waals surface area contributed by atoms with Crippen molar-refractivity contribution in [1.82, 2.24) is 0 Å². The number of hydrogen-bond donors (Lipinski definition) is 2. The predicted octanol–water partition coefficient (Wildman–Crippen LogP) is 3.34. The second kappa shape index (κ2) is 6.40. The van der Waals surface area contributed by atoms with Gasteiger partial charge in [-0.15, -0.1) is 0 Å². The maximum Gasteiger partial charge on any atom is 0.250 e. The van der Waals surface area contributed by atoms with Crippen molar-refractivity contribution in [1.29, 1.82) is 0 Å². The van der Waals surface area contributed by atoms with Crippen LogP contribution in [0.4, 0.5) is 0 Å². The first-order valence-electron chi connectivity index (χ1n) is 6.96. The second-order valence-electron chi connectivity index (χ2n) is 5.26. The zero-order valence-electron chi connectivity index (χ0n) is 11.1. The van der Waals surface area contributed by atoms with Crippen molar-refractivity contribution in [2.75, 3.05) is 0 Å². The summed E-state index contributed by atoms with van der Waals surface area (Å²) in [5.74, 6) is -0.0590. The summed E-state index contributed by atoms with van der Waals surface area (Å²) in [5.41, 5.74) is 13.7. The molecule has 1 amide bonds. The zero-order chi connectivity index (χ0) is 13.8. The highest BCUT2D eigenvalue weighted by atomic mass is 35.5. The Morgan fingerprint density at radius 1 is 1.21 bits per heavy atom. The maximum absolute atomic E-state index is 11.4. The zero-order valence-corrected chi connectivity index (χ0v) is 11.9. The minimum Gasteiger partial charge on any atom is -0.366 e. The fourth-order valence-corrected chi connectivity index (χ4v) is 3.44. The molecule has 1 aliphatic rings. The van der Waals surface area contributed by atoms with Gasteiger partial charge in [-0.2, -0.15) is 0 Å². The number of nitrogens with two attached hydrogens (primary N) is 2. The molecule has 1 aromatic carbocycles. The number of carbonyl (C=O) groups is 1. The van der Waals surface area contributed by atoms with Crippen LogP contribution in [0.25, 0.3) is 0 Å². The SMILES string of the molecule is NCc1ccc(C(N)=O)c(Cl)c1C1CCCCCC1. The van der Waals surface area contributed by atoms with Crippen LogP contribution < -0.4 is 11.5 Å². The van der Waals surface area contributed by atoms with Gasteiger partial charge in [0.15, 0.2) is 0 Å². The first-order chi connectivity index (χ1) is 9.15. The summed E-state index contributed by atoms with van der Waals surface area (Å²) in [7, 11) is 0. The largest absolute Gasteiger partial charge is 0.366 e. The summed E-state index contributed by atoms with van der Waals surface area (Å²) in [6.45, 7) is 0.449.